The normalized spacial score (nSPS) is 34.8. The lowest BCUT2D eigenvalue weighted by atomic mass is 9.74. The summed E-state index contributed by atoms with van der Waals surface area (Å²) in [6, 6.07) is 0. The van der Waals surface area contributed by atoms with Crippen LogP contribution in [0.25, 0.3) is 0 Å². The predicted molar refractivity (Wildman–Crippen MR) is 53.8 cm³/mol. The minimum atomic E-state index is 0.866. The summed E-state index contributed by atoms with van der Waals surface area (Å²) in [5, 5.41) is 0. The Bertz CT molecular complexity index is 154. The summed E-state index contributed by atoms with van der Waals surface area (Å²) in [5.41, 5.74) is 0. The van der Waals surface area contributed by atoms with E-state index in [4.69, 9.17) is 4.74 Å². The van der Waals surface area contributed by atoms with Crippen molar-refractivity contribution in [2.24, 2.45) is 11.8 Å². The van der Waals surface area contributed by atoms with Gasteiger partial charge in [-0.05, 0) is 50.6 Å². The Hall–Kier alpha value is -0.0800. The lowest BCUT2D eigenvalue weighted by Gasteiger charge is -2.38. The van der Waals surface area contributed by atoms with Gasteiger partial charge >= 0.3 is 0 Å². The first-order valence-electron chi connectivity index (χ1n) is 5.61. The average molecular weight is 183 g/mol. The Morgan fingerprint density at radius 2 is 1.85 bits per heavy atom. The van der Waals surface area contributed by atoms with Crippen LogP contribution in [0.1, 0.15) is 25.7 Å². The molecule has 2 atom stereocenters. The van der Waals surface area contributed by atoms with Gasteiger partial charge < -0.3 is 9.64 Å². The fraction of sp³-hybridized carbons (Fsp3) is 1.00. The minimum Gasteiger partial charge on any atom is -0.384 e. The fourth-order valence-corrected chi connectivity index (χ4v) is 2.61. The van der Waals surface area contributed by atoms with Crippen molar-refractivity contribution in [1.82, 2.24) is 4.90 Å². The highest BCUT2D eigenvalue weighted by molar-refractivity contribution is 4.84. The minimum absolute atomic E-state index is 0.866. The molecule has 0 spiro atoms. The summed E-state index contributed by atoms with van der Waals surface area (Å²) in [7, 11) is 1.82. The maximum Gasteiger partial charge on any atom is 0.0493 e. The van der Waals surface area contributed by atoms with Gasteiger partial charge in [-0.2, -0.15) is 0 Å². The van der Waals surface area contributed by atoms with Gasteiger partial charge in [-0.1, -0.05) is 0 Å². The number of hydrogen-bond acceptors (Lipinski definition) is 2. The van der Waals surface area contributed by atoms with E-state index in [1.807, 2.05) is 7.11 Å². The summed E-state index contributed by atoms with van der Waals surface area (Å²) in [6.07, 6.45) is 5.67. The van der Waals surface area contributed by atoms with Crippen LogP contribution in [0.15, 0.2) is 0 Å². The van der Waals surface area contributed by atoms with E-state index in [9.17, 15) is 0 Å². The molecule has 0 bridgehead atoms. The van der Waals surface area contributed by atoms with E-state index in [1.54, 1.807) is 0 Å². The van der Waals surface area contributed by atoms with Crippen LogP contribution in [0, 0.1) is 11.8 Å². The Kier molecular flexibility index (Phi) is 3.23. The molecule has 2 aliphatic rings. The zero-order valence-corrected chi connectivity index (χ0v) is 8.67. The molecule has 0 radical (unpaired) electrons. The number of hydrogen-bond donors (Lipinski definition) is 0. The molecular formula is C11H21NO. The Balaban J connectivity index is 1.69. The molecule has 0 N–H and O–H groups in total. The number of ether oxygens (including phenoxy) is 1. The summed E-state index contributed by atoms with van der Waals surface area (Å²) in [6.45, 7) is 5.01. The van der Waals surface area contributed by atoms with E-state index in [1.165, 1.54) is 45.3 Å². The maximum atomic E-state index is 5.22. The van der Waals surface area contributed by atoms with E-state index < -0.39 is 0 Å². The molecule has 1 heterocycles. The van der Waals surface area contributed by atoms with E-state index in [-0.39, 0.29) is 0 Å². The molecule has 0 aromatic carbocycles. The van der Waals surface area contributed by atoms with Crippen molar-refractivity contribution in [1.29, 1.82) is 0 Å². The second-order valence-electron chi connectivity index (χ2n) is 4.56. The smallest absolute Gasteiger partial charge is 0.0493 e. The van der Waals surface area contributed by atoms with E-state index in [2.05, 4.69) is 4.90 Å². The van der Waals surface area contributed by atoms with Crippen LogP contribution in [0.3, 0.4) is 0 Å². The molecule has 1 saturated heterocycles. The molecule has 2 rings (SSSR count). The van der Waals surface area contributed by atoms with Gasteiger partial charge in [0.25, 0.3) is 0 Å². The topological polar surface area (TPSA) is 12.5 Å². The van der Waals surface area contributed by atoms with E-state index >= 15 is 0 Å². The van der Waals surface area contributed by atoms with Crippen molar-refractivity contribution < 1.29 is 4.74 Å². The van der Waals surface area contributed by atoms with Crippen LogP contribution in [0.4, 0.5) is 0 Å². The van der Waals surface area contributed by atoms with Crippen LogP contribution >= 0.6 is 0 Å². The zero-order chi connectivity index (χ0) is 9.10. The van der Waals surface area contributed by atoms with Crippen LogP contribution in [-0.4, -0.2) is 38.3 Å². The molecule has 1 saturated carbocycles. The monoisotopic (exact) mass is 183 g/mol. The molecule has 1 unspecified atom stereocenters. The highest BCUT2D eigenvalue weighted by Gasteiger charge is 2.32. The van der Waals surface area contributed by atoms with Gasteiger partial charge in [0.2, 0.25) is 0 Å². The van der Waals surface area contributed by atoms with Crippen molar-refractivity contribution in [2.45, 2.75) is 25.7 Å². The van der Waals surface area contributed by atoms with Gasteiger partial charge in [0.15, 0.2) is 0 Å². The first-order chi connectivity index (χ1) is 6.40. The molecule has 0 amide bonds. The summed E-state index contributed by atoms with van der Waals surface area (Å²) in [5.74, 6) is 1.81. The molecule has 0 aromatic rings. The van der Waals surface area contributed by atoms with Crippen LogP contribution < -0.4 is 0 Å². The third kappa shape index (κ3) is 2.23. The third-order valence-corrected chi connectivity index (χ3v) is 3.65. The Morgan fingerprint density at radius 1 is 1.15 bits per heavy atom. The van der Waals surface area contributed by atoms with E-state index in [0.717, 1.165) is 18.4 Å². The first kappa shape index (κ1) is 9.47. The fourth-order valence-electron chi connectivity index (χ4n) is 2.61. The second kappa shape index (κ2) is 4.43. The second-order valence-corrected chi connectivity index (χ2v) is 4.56. The standard InChI is InChI=1S/C11H21NO/c1-13-9-11-5-4-10(11)8-12-6-2-3-7-12/h10-11H,2-9H2,1H3/t10?,11-/m0/s1. The molecule has 2 fully saturated rings. The molecule has 13 heavy (non-hydrogen) atoms. The van der Waals surface area contributed by atoms with Gasteiger partial charge in [-0.15, -0.1) is 0 Å². The molecular weight excluding hydrogens is 162 g/mol. The number of methoxy groups -OCH3 is 1. The average Bonchev–Trinajstić information content (AvgIpc) is 2.61. The lowest BCUT2D eigenvalue weighted by molar-refractivity contribution is 0.0421. The van der Waals surface area contributed by atoms with E-state index in [0.29, 0.717) is 0 Å². The van der Waals surface area contributed by atoms with Crippen molar-refractivity contribution >= 4 is 0 Å². The van der Waals surface area contributed by atoms with Gasteiger partial charge in [0.05, 0.1) is 0 Å². The first-order valence-corrected chi connectivity index (χ1v) is 5.61. The molecule has 1 aliphatic carbocycles. The quantitative estimate of drug-likeness (QED) is 0.658. The van der Waals surface area contributed by atoms with Crippen molar-refractivity contribution in [3.05, 3.63) is 0 Å². The van der Waals surface area contributed by atoms with Gasteiger partial charge in [-0.3, -0.25) is 0 Å². The largest absolute Gasteiger partial charge is 0.384 e. The highest BCUT2D eigenvalue weighted by Crippen LogP contribution is 2.35. The summed E-state index contributed by atoms with van der Waals surface area (Å²) >= 11 is 0. The third-order valence-electron chi connectivity index (χ3n) is 3.65. The highest BCUT2D eigenvalue weighted by atomic mass is 16.5. The van der Waals surface area contributed by atoms with Crippen LogP contribution in [0.2, 0.25) is 0 Å². The van der Waals surface area contributed by atoms with Crippen LogP contribution in [0.5, 0.6) is 0 Å². The molecule has 2 heteroatoms. The maximum absolute atomic E-state index is 5.22. The zero-order valence-electron chi connectivity index (χ0n) is 8.67. The van der Waals surface area contributed by atoms with Crippen molar-refractivity contribution in [3.8, 4) is 0 Å². The van der Waals surface area contributed by atoms with Gasteiger partial charge in [0.1, 0.15) is 0 Å². The van der Waals surface area contributed by atoms with Gasteiger partial charge in [-0.25, -0.2) is 0 Å². The SMILES string of the molecule is COC[C@@H]1CCC1CN1CCCC1. The Morgan fingerprint density at radius 3 is 2.38 bits per heavy atom. The van der Waals surface area contributed by atoms with Crippen LogP contribution in [-0.2, 0) is 4.74 Å². The summed E-state index contributed by atoms with van der Waals surface area (Å²) < 4.78 is 5.22. The lowest BCUT2D eigenvalue weighted by Crippen LogP contribution is -2.38. The van der Waals surface area contributed by atoms with Gasteiger partial charge in [0, 0.05) is 20.3 Å². The molecule has 0 aromatic heterocycles. The Labute approximate surface area is 81.3 Å². The van der Waals surface area contributed by atoms with Crippen molar-refractivity contribution in [2.75, 3.05) is 33.4 Å². The summed E-state index contributed by atoms with van der Waals surface area (Å²) in [4.78, 5) is 2.63. The number of likely N-dealkylation sites (tertiary alicyclic amines) is 1. The molecule has 1 aliphatic heterocycles. The van der Waals surface area contributed by atoms with Crippen molar-refractivity contribution in [3.63, 3.8) is 0 Å². The number of nitrogens with zero attached hydrogens (tertiary/aromatic N) is 1. The predicted octanol–water partition coefficient (Wildman–Crippen LogP) is 1.75. The molecule has 2 nitrogen and oxygen atoms in total. The number of rotatable bonds is 4. The molecule has 76 valence electrons.